The first-order chi connectivity index (χ1) is 13.0. The predicted molar refractivity (Wildman–Crippen MR) is 101 cm³/mol. The van der Waals surface area contributed by atoms with Gasteiger partial charge in [-0.25, -0.2) is 4.98 Å². The van der Waals surface area contributed by atoms with E-state index in [1.807, 2.05) is 36.6 Å². The molecule has 1 aliphatic heterocycles. The minimum Gasteiger partial charge on any atom is -0.493 e. The second-order valence-electron chi connectivity index (χ2n) is 6.89. The molecule has 0 unspecified atom stereocenters. The number of carbonyl (C=O) groups excluding carboxylic acids is 1. The van der Waals surface area contributed by atoms with Gasteiger partial charge in [-0.15, -0.1) is 0 Å². The summed E-state index contributed by atoms with van der Waals surface area (Å²) in [5.74, 6) is 2.02. The van der Waals surface area contributed by atoms with Crippen molar-refractivity contribution in [1.29, 1.82) is 0 Å². The Morgan fingerprint density at radius 1 is 1.26 bits per heavy atom. The summed E-state index contributed by atoms with van der Waals surface area (Å²) in [7, 11) is 1.64. The van der Waals surface area contributed by atoms with Gasteiger partial charge in [0, 0.05) is 19.2 Å². The van der Waals surface area contributed by atoms with Gasteiger partial charge in [-0.1, -0.05) is 0 Å². The summed E-state index contributed by atoms with van der Waals surface area (Å²) in [6.45, 7) is 5.51. The first kappa shape index (κ1) is 17.3. The molecule has 3 heterocycles. The van der Waals surface area contributed by atoms with E-state index in [0.717, 1.165) is 35.5 Å². The van der Waals surface area contributed by atoms with Crippen LogP contribution in [0, 0.1) is 0 Å². The van der Waals surface area contributed by atoms with Crippen molar-refractivity contribution in [1.82, 2.24) is 19.7 Å². The van der Waals surface area contributed by atoms with Crippen LogP contribution < -0.4 is 9.47 Å². The van der Waals surface area contributed by atoms with Gasteiger partial charge >= 0.3 is 0 Å². The second kappa shape index (κ2) is 6.57. The van der Waals surface area contributed by atoms with Crippen LogP contribution in [-0.2, 0) is 12.8 Å². The van der Waals surface area contributed by atoms with E-state index >= 15 is 0 Å². The Balaban J connectivity index is 1.97. The summed E-state index contributed by atoms with van der Waals surface area (Å²) < 4.78 is 13.5. The standard InChI is InChI=1S/C20H22N4O3/c1-11(2)27-18-10-16-13(9-17(18)26-4)5-6-15-19(12(3)25)22-20(24(15)16)14-7-8-21-23-14/h7-11H,5-6H2,1-4H3,(H,21,23). The first-order valence-corrected chi connectivity index (χ1v) is 8.99. The minimum atomic E-state index is -0.0415. The number of ketones is 1. The van der Waals surface area contributed by atoms with Crippen molar-refractivity contribution in [2.24, 2.45) is 0 Å². The Morgan fingerprint density at radius 2 is 2.07 bits per heavy atom. The summed E-state index contributed by atoms with van der Waals surface area (Å²) in [5, 5.41) is 6.99. The van der Waals surface area contributed by atoms with E-state index in [1.54, 1.807) is 20.2 Å². The molecule has 0 bridgehead atoms. The molecular formula is C20H22N4O3. The molecule has 0 fully saturated rings. The van der Waals surface area contributed by atoms with E-state index in [2.05, 4.69) is 15.2 Å². The van der Waals surface area contributed by atoms with Gasteiger partial charge in [0.05, 0.1) is 24.6 Å². The maximum absolute atomic E-state index is 12.2. The highest BCUT2D eigenvalue weighted by atomic mass is 16.5. The van der Waals surface area contributed by atoms with E-state index in [1.165, 1.54) is 0 Å². The molecule has 1 N–H and O–H groups in total. The number of fused-ring (bicyclic) bond motifs is 3. The molecule has 4 rings (SSSR count). The first-order valence-electron chi connectivity index (χ1n) is 8.99. The Labute approximate surface area is 157 Å². The number of hydrogen-bond acceptors (Lipinski definition) is 5. The van der Waals surface area contributed by atoms with E-state index in [-0.39, 0.29) is 11.9 Å². The van der Waals surface area contributed by atoms with Crippen molar-refractivity contribution in [2.75, 3.05) is 7.11 Å². The van der Waals surface area contributed by atoms with Crippen LogP contribution in [0.3, 0.4) is 0 Å². The van der Waals surface area contributed by atoms with Crippen molar-refractivity contribution < 1.29 is 14.3 Å². The number of rotatable bonds is 5. The molecule has 1 aromatic carbocycles. The number of aryl methyl sites for hydroxylation is 1. The Kier molecular flexibility index (Phi) is 4.22. The van der Waals surface area contributed by atoms with Gasteiger partial charge < -0.3 is 9.47 Å². The summed E-state index contributed by atoms with van der Waals surface area (Å²) in [4.78, 5) is 16.8. The number of ether oxygens (including phenoxy) is 2. The van der Waals surface area contributed by atoms with Gasteiger partial charge in [0.2, 0.25) is 0 Å². The Hall–Kier alpha value is -3.09. The lowest BCUT2D eigenvalue weighted by Crippen LogP contribution is -2.16. The van der Waals surface area contributed by atoms with Gasteiger partial charge in [0.15, 0.2) is 23.1 Å². The zero-order valence-electron chi connectivity index (χ0n) is 15.9. The number of methoxy groups -OCH3 is 1. The topological polar surface area (TPSA) is 82.0 Å². The van der Waals surface area contributed by atoms with Crippen molar-refractivity contribution in [3.8, 4) is 28.7 Å². The monoisotopic (exact) mass is 366 g/mol. The number of benzene rings is 1. The van der Waals surface area contributed by atoms with Crippen LogP contribution in [0.2, 0.25) is 0 Å². The SMILES string of the molecule is COc1cc2c(cc1OC(C)C)-n1c(-c3ccn[nH]3)nc(C(C)=O)c1CC2. The van der Waals surface area contributed by atoms with Gasteiger partial charge in [0.1, 0.15) is 11.4 Å². The molecule has 0 amide bonds. The van der Waals surface area contributed by atoms with Crippen LogP contribution in [0.15, 0.2) is 24.4 Å². The van der Waals surface area contributed by atoms with Gasteiger partial charge in [-0.05, 0) is 44.4 Å². The zero-order chi connectivity index (χ0) is 19.1. The quantitative estimate of drug-likeness (QED) is 0.700. The van der Waals surface area contributed by atoms with Crippen LogP contribution in [0.1, 0.15) is 42.5 Å². The van der Waals surface area contributed by atoms with Crippen LogP contribution in [0.4, 0.5) is 0 Å². The number of Topliss-reactive ketones (excluding diaryl/α,β-unsaturated/α-hetero) is 1. The molecule has 3 aromatic rings. The Morgan fingerprint density at radius 3 is 2.70 bits per heavy atom. The number of nitrogens with one attached hydrogen (secondary N) is 1. The van der Waals surface area contributed by atoms with Crippen LogP contribution in [0.25, 0.3) is 17.2 Å². The highest BCUT2D eigenvalue weighted by Gasteiger charge is 2.28. The minimum absolute atomic E-state index is 0.0163. The summed E-state index contributed by atoms with van der Waals surface area (Å²) in [6.07, 6.45) is 3.23. The molecule has 0 aliphatic carbocycles. The van der Waals surface area contributed by atoms with Crippen molar-refractivity contribution in [3.05, 3.63) is 41.3 Å². The molecule has 0 saturated heterocycles. The van der Waals surface area contributed by atoms with Crippen LogP contribution in [0.5, 0.6) is 11.5 Å². The largest absolute Gasteiger partial charge is 0.493 e. The molecule has 1 aliphatic rings. The van der Waals surface area contributed by atoms with Gasteiger partial charge in [0.25, 0.3) is 0 Å². The molecule has 140 valence electrons. The van der Waals surface area contributed by atoms with E-state index in [0.29, 0.717) is 23.0 Å². The van der Waals surface area contributed by atoms with Crippen LogP contribution >= 0.6 is 0 Å². The van der Waals surface area contributed by atoms with Crippen molar-refractivity contribution >= 4 is 5.78 Å². The highest BCUT2D eigenvalue weighted by molar-refractivity contribution is 5.94. The second-order valence-corrected chi connectivity index (χ2v) is 6.89. The molecular weight excluding hydrogens is 344 g/mol. The molecule has 27 heavy (non-hydrogen) atoms. The number of imidazole rings is 1. The third kappa shape index (κ3) is 2.89. The summed E-state index contributed by atoms with van der Waals surface area (Å²) in [6, 6.07) is 5.84. The molecule has 7 nitrogen and oxygen atoms in total. The molecule has 0 radical (unpaired) electrons. The normalized spacial score (nSPS) is 12.6. The summed E-state index contributed by atoms with van der Waals surface area (Å²) >= 11 is 0. The third-order valence-electron chi connectivity index (χ3n) is 4.65. The Bertz CT molecular complexity index is 1000. The number of hydrogen-bond donors (Lipinski definition) is 1. The number of aromatic amines is 1. The fourth-order valence-corrected chi connectivity index (χ4v) is 3.55. The molecule has 2 aromatic heterocycles. The maximum atomic E-state index is 12.2. The van der Waals surface area contributed by atoms with Gasteiger partial charge in [-0.2, -0.15) is 5.10 Å². The van der Waals surface area contributed by atoms with E-state index < -0.39 is 0 Å². The average Bonchev–Trinajstić information content (AvgIpc) is 3.28. The van der Waals surface area contributed by atoms with E-state index in [4.69, 9.17) is 9.47 Å². The maximum Gasteiger partial charge on any atom is 0.180 e. The lowest BCUT2D eigenvalue weighted by Gasteiger charge is -2.24. The average molecular weight is 366 g/mol. The lowest BCUT2D eigenvalue weighted by molar-refractivity contribution is 0.101. The highest BCUT2D eigenvalue weighted by Crippen LogP contribution is 2.39. The lowest BCUT2D eigenvalue weighted by atomic mass is 9.99. The van der Waals surface area contributed by atoms with Crippen molar-refractivity contribution in [3.63, 3.8) is 0 Å². The van der Waals surface area contributed by atoms with E-state index in [9.17, 15) is 4.79 Å². The smallest absolute Gasteiger partial charge is 0.180 e. The fourth-order valence-electron chi connectivity index (χ4n) is 3.55. The van der Waals surface area contributed by atoms with Gasteiger partial charge in [-0.3, -0.25) is 14.5 Å². The molecule has 7 heteroatoms. The number of carbonyl (C=O) groups is 1. The fraction of sp³-hybridized carbons (Fsp3) is 0.350. The number of nitrogens with zero attached hydrogens (tertiary/aromatic N) is 3. The molecule has 0 atom stereocenters. The number of H-pyrrole nitrogens is 1. The molecule has 0 saturated carbocycles. The number of aromatic nitrogens is 4. The predicted octanol–water partition coefficient (Wildman–Crippen LogP) is 3.36. The zero-order valence-corrected chi connectivity index (χ0v) is 15.9. The van der Waals surface area contributed by atoms with Crippen LogP contribution in [-0.4, -0.2) is 38.7 Å². The summed E-state index contributed by atoms with van der Waals surface area (Å²) in [5.41, 5.74) is 4.27. The third-order valence-corrected chi connectivity index (χ3v) is 4.65. The van der Waals surface area contributed by atoms with Crippen molar-refractivity contribution in [2.45, 2.75) is 39.7 Å². The molecule has 0 spiro atoms.